The maximum atomic E-state index is 5.68. The molecule has 0 aromatic carbocycles. The third-order valence-electron chi connectivity index (χ3n) is 2.35. The maximum absolute atomic E-state index is 5.68. The van der Waals surface area contributed by atoms with Gasteiger partial charge in [-0.15, -0.1) is 0 Å². The lowest BCUT2D eigenvalue weighted by Gasteiger charge is -2.26. The highest BCUT2D eigenvalue weighted by molar-refractivity contribution is 5.25. The number of nitrogens with zero attached hydrogens (tertiary/aromatic N) is 2. The molecule has 1 aromatic heterocycles. The zero-order valence-corrected chi connectivity index (χ0v) is 11.3. The van der Waals surface area contributed by atoms with Gasteiger partial charge in [-0.05, 0) is 38.6 Å². The third kappa shape index (κ3) is 8.65. The van der Waals surface area contributed by atoms with E-state index in [1.54, 1.807) is 12.3 Å². The van der Waals surface area contributed by atoms with E-state index in [9.17, 15) is 0 Å². The SMILES string of the molecule is CC.CN1CCCC(N)C1.Nc1ccccn1. The summed E-state index contributed by atoms with van der Waals surface area (Å²) in [5.41, 5.74) is 10.9. The van der Waals surface area contributed by atoms with Crippen LogP contribution in [0.15, 0.2) is 24.4 Å². The summed E-state index contributed by atoms with van der Waals surface area (Å²) >= 11 is 0. The van der Waals surface area contributed by atoms with E-state index < -0.39 is 0 Å². The van der Waals surface area contributed by atoms with Crippen molar-refractivity contribution in [1.29, 1.82) is 0 Å². The highest BCUT2D eigenvalue weighted by Gasteiger charge is 2.11. The Balaban J connectivity index is 0.000000265. The highest BCUT2D eigenvalue weighted by Crippen LogP contribution is 2.04. The number of rotatable bonds is 0. The molecule has 2 heterocycles. The molecular formula is C13H26N4. The Morgan fingerprint density at radius 1 is 1.35 bits per heavy atom. The van der Waals surface area contributed by atoms with Crippen LogP contribution in [0.4, 0.5) is 5.82 Å². The predicted octanol–water partition coefficient (Wildman–Crippen LogP) is 1.73. The van der Waals surface area contributed by atoms with E-state index in [-0.39, 0.29) is 0 Å². The summed E-state index contributed by atoms with van der Waals surface area (Å²) in [6, 6.07) is 5.87. The van der Waals surface area contributed by atoms with Gasteiger partial charge in [0.25, 0.3) is 0 Å². The number of hydrogen-bond acceptors (Lipinski definition) is 4. The number of anilines is 1. The monoisotopic (exact) mass is 238 g/mol. The topological polar surface area (TPSA) is 68.2 Å². The van der Waals surface area contributed by atoms with Crippen LogP contribution in [0.1, 0.15) is 26.7 Å². The van der Waals surface area contributed by atoms with Crippen molar-refractivity contribution < 1.29 is 0 Å². The molecule has 0 aliphatic carbocycles. The normalized spacial score (nSPS) is 19.4. The Morgan fingerprint density at radius 3 is 2.35 bits per heavy atom. The van der Waals surface area contributed by atoms with Crippen molar-refractivity contribution >= 4 is 5.82 Å². The standard InChI is InChI=1S/C6H14N2.C5H6N2.C2H6/c1-8-4-2-3-6(7)5-8;6-5-3-1-2-4-7-5;1-2/h6H,2-5,7H2,1H3;1-4H,(H2,6,7);1-2H3. The van der Waals surface area contributed by atoms with E-state index in [4.69, 9.17) is 11.5 Å². The molecule has 1 fully saturated rings. The third-order valence-corrected chi connectivity index (χ3v) is 2.35. The van der Waals surface area contributed by atoms with Crippen molar-refractivity contribution in [3.8, 4) is 0 Å². The fourth-order valence-corrected chi connectivity index (χ4v) is 1.58. The first-order chi connectivity index (χ1) is 8.18. The van der Waals surface area contributed by atoms with Crippen molar-refractivity contribution in [3.05, 3.63) is 24.4 Å². The van der Waals surface area contributed by atoms with Crippen LogP contribution in [0.2, 0.25) is 0 Å². The van der Waals surface area contributed by atoms with E-state index in [0.717, 1.165) is 6.54 Å². The Hall–Kier alpha value is -1.13. The summed E-state index contributed by atoms with van der Waals surface area (Å²) in [6.07, 6.45) is 4.15. The summed E-state index contributed by atoms with van der Waals surface area (Å²) in [5.74, 6) is 0.572. The Bertz CT molecular complexity index is 255. The van der Waals surface area contributed by atoms with Gasteiger partial charge in [-0.25, -0.2) is 4.98 Å². The largest absolute Gasteiger partial charge is 0.384 e. The van der Waals surface area contributed by atoms with E-state index in [1.807, 2.05) is 26.0 Å². The molecule has 4 N–H and O–H groups in total. The van der Waals surface area contributed by atoms with Gasteiger partial charge in [0.05, 0.1) is 0 Å². The van der Waals surface area contributed by atoms with Gasteiger partial charge in [-0.2, -0.15) is 0 Å². The van der Waals surface area contributed by atoms with Gasteiger partial charge in [-0.3, -0.25) is 0 Å². The maximum Gasteiger partial charge on any atom is 0.123 e. The number of hydrogen-bond donors (Lipinski definition) is 2. The van der Waals surface area contributed by atoms with Crippen LogP contribution in [-0.2, 0) is 0 Å². The number of nitrogens with two attached hydrogens (primary N) is 2. The first-order valence-electron chi connectivity index (χ1n) is 6.29. The molecule has 1 aliphatic heterocycles. The van der Waals surface area contributed by atoms with Gasteiger partial charge in [0.1, 0.15) is 5.82 Å². The molecule has 0 spiro atoms. The average molecular weight is 238 g/mol. The van der Waals surface area contributed by atoms with Gasteiger partial charge >= 0.3 is 0 Å². The molecule has 1 unspecified atom stereocenters. The molecule has 4 nitrogen and oxygen atoms in total. The second kappa shape index (κ2) is 10.1. The van der Waals surface area contributed by atoms with Crippen molar-refractivity contribution in [2.75, 3.05) is 25.9 Å². The van der Waals surface area contributed by atoms with Crippen LogP contribution in [0, 0.1) is 0 Å². The number of piperidine rings is 1. The van der Waals surface area contributed by atoms with Gasteiger partial charge in [-0.1, -0.05) is 19.9 Å². The molecule has 0 radical (unpaired) electrons. The Kier molecular flexibility index (Phi) is 9.38. The minimum atomic E-state index is 0.439. The highest BCUT2D eigenvalue weighted by atomic mass is 15.1. The molecule has 1 aromatic rings. The number of nitrogen functional groups attached to an aromatic ring is 1. The fraction of sp³-hybridized carbons (Fsp3) is 0.615. The minimum absolute atomic E-state index is 0.439. The summed E-state index contributed by atoms with van der Waals surface area (Å²) in [4.78, 5) is 6.04. The quantitative estimate of drug-likeness (QED) is 0.722. The zero-order valence-electron chi connectivity index (χ0n) is 11.3. The van der Waals surface area contributed by atoms with E-state index in [2.05, 4.69) is 16.9 Å². The molecule has 1 saturated heterocycles. The molecule has 2 rings (SSSR count). The fourth-order valence-electron chi connectivity index (χ4n) is 1.58. The van der Waals surface area contributed by atoms with Crippen LogP contribution >= 0.6 is 0 Å². The van der Waals surface area contributed by atoms with Crippen molar-refractivity contribution in [2.24, 2.45) is 5.73 Å². The molecule has 1 aliphatic rings. The van der Waals surface area contributed by atoms with Crippen LogP contribution in [0.5, 0.6) is 0 Å². The second-order valence-electron chi connectivity index (χ2n) is 3.92. The minimum Gasteiger partial charge on any atom is -0.384 e. The van der Waals surface area contributed by atoms with Crippen molar-refractivity contribution in [2.45, 2.75) is 32.7 Å². The summed E-state index contributed by atoms with van der Waals surface area (Å²) in [5, 5.41) is 0. The number of aromatic nitrogens is 1. The zero-order chi connectivity index (χ0) is 13.1. The summed E-state index contributed by atoms with van der Waals surface area (Å²) in [7, 11) is 2.12. The molecule has 17 heavy (non-hydrogen) atoms. The molecule has 4 heteroatoms. The van der Waals surface area contributed by atoms with Gasteiger partial charge in [0.2, 0.25) is 0 Å². The smallest absolute Gasteiger partial charge is 0.123 e. The number of likely N-dealkylation sites (N-methyl/N-ethyl adjacent to an activating group) is 1. The number of likely N-dealkylation sites (tertiary alicyclic amines) is 1. The van der Waals surface area contributed by atoms with Crippen LogP contribution < -0.4 is 11.5 Å². The molecule has 0 saturated carbocycles. The van der Waals surface area contributed by atoms with Crippen LogP contribution in [0.3, 0.4) is 0 Å². The van der Waals surface area contributed by atoms with Crippen LogP contribution in [0.25, 0.3) is 0 Å². The van der Waals surface area contributed by atoms with Crippen molar-refractivity contribution in [3.63, 3.8) is 0 Å². The lowest BCUT2D eigenvalue weighted by molar-refractivity contribution is 0.252. The molecular weight excluding hydrogens is 212 g/mol. The van der Waals surface area contributed by atoms with Gasteiger partial charge in [0, 0.05) is 18.8 Å². The first-order valence-corrected chi connectivity index (χ1v) is 6.29. The van der Waals surface area contributed by atoms with E-state index in [0.29, 0.717) is 11.9 Å². The van der Waals surface area contributed by atoms with E-state index in [1.165, 1.54) is 19.4 Å². The molecule has 1 atom stereocenters. The second-order valence-corrected chi connectivity index (χ2v) is 3.92. The van der Waals surface area contributed by atoms with Crippen molar-refractivity contribution in [1.82, 2.24) is 9.88 Å². The lowest BCUT2D eigenvalue weighted by atomic mass is 10.1. The Labute approximate surface area is 105 Å². The predicted molar refractivity (Wildman–Crippen MR) is 74.7 cm³/mol. The lowest BCUT2D eigenvalue weighted by Crippen LogP contribution is -2.40. The molecule has 0 bridgehead atoms. The van der Waals surface area contributed by atoms with Gasteiger partial charge < -0.3 is 16.4 Å². The van der Waals surface area contributed by atoms with E-state index >= 15 is 0 Å². The van der Waals surface area contributed by atoms with Crippen LogP contribution in [-0.4, -0.2) is 36.1 Å². The number of pyridine rings is 1. The Morgan fingerprint density at radius 2 is 2.06 bits per heavy atom. The first kappa shape index (κ1) is 15.9. The molecule has 98 valence electrons. The average Bonchev–Trinajstić information content (AvgIpc) is 2.33. The van der Waals surface area contributed by atoms with Gasteiger partial charge in [0.15, 0.2) is 0 Å². The molecule has 0 amide bonds. The summed E-state index contributed by atoms with van der Waals surface area (Å²) < 4.78 is 0. The summed E-state index contributed by atoms with van der Waals surface area (Å²) in [6.45, 7) is 6.31.